The fourth-order valence-corrected chi connectivity index (χ4v) is 3.42. The summed E-state index contributed by atoms with van der Waals surface area (Å²) in [6.07, 6.45) is 5.99. The van der Waals surface area contributed by atoms with Crippen molar-refractivity contribution in [2.45, 2.75) is 25.8 Å². The second-order valence-electron chi connectivity index (χ2n) is 9.14. The normalized spacial score (nSPS) is 11.4. The minimum Gasteiger partial charge on any atom is -0.388 e. The molecule has 11 nitrogen and oxygen atoms in total. The molecular weight excluding hydrogens is 513 g/mol. The molecule has 1 heterocycles. The third-order valence-corrected chi connectivity index (χ3v) is 5.85. The van der Waals surface area contributed by atoms with Crippen LogP contribution in [0.2, 0.25) is 0 Å². The quantitative estimate of drug-likeness (QED) is 0.111. The van der Waals surface area contributed by atoms with Crippen molar-refractivity contribution in [3.05, 3.63) is 47.7 Å². The Morgan fingerprint density at radius 3 is 2.60 bits per heavy atom. The first-order valence-corrected chi connectivity index (χ1v) is 12.8. The van der Waals surface area contributed by atoms with Crippen molar-refractivity contribution in [2.75, 3.05) is 64.3 Å². The number of carbonyl (C=O) groups is 2. The van der Waals surface area contributed by atoms with Crippen molar-refractivity contribution in [3.8, 4) is 11.8 Å². The Hall–Kier alpha value is -4.50. The van der Waals surface area contributed by atoms with E-state index in [2.05, 4.69) is 43.1 Å². The number of benzene rings is 1. The first-order chi connectivity index (χ1) is 19.1. The van der Waals surface area contributed by atoms with Crippen molar-refractivity contribution < 1.29 is 14.0 Å². The lowest BCUT2D eigenvalue weighted by Crippen LogP contribution is -2.45. The molecule has 0 fully saturated rings. The second-order valence-corrected chi connectivity index (χ2v) is 9.14. The molecule has 0 radical (unpaired) electrons. The summed E-state index contributed by atoms with van der Waals surface area (Å²) in [4.78, 5) is 36.7. The van der Waals surface area contributed by atoms with Crippen molar-refractivity contribution >= 4 is 40.9 Å². The number of anilines is 4. The van der Waals surface area contributed by atoms with Crippen molar-refractivity contribution in [1.29, 1.82) is 5.41 Å². The van der Waals surface area contributed by atoms with Gasteiger partial charge < -0.3 is 31.1 Å². The number of rotatable bonds is 13. The minimum atomic E-state index is -1.05. The van der Waals surface area contributed by atoms with Gasteiger partial charge in [0.2, 0.25) is 23.7 Å². The zero-order valence-electron chi connectivity index (χ0n) is 23.9. The highest BCUT2D eigenvalue weighted by Gasteiger charge is 2.20. The van der Waals surface area contributed by atoms with E-state index in [0.29, 0.717) is 48.7 Å². The summed E-state index contributed by atoms with van der Waals surface area (Å²) in [5.74, 6) is 5.41. The van der Waals surface area contributed by atoms with Gasteiger partial charge in [-0.3, -0.25) is 15.0 Å². The van der Waals surface area contributed by atoms with E-state index >= 15 is 0 Å². The monoisotopic (exact) mass is 551 g/mol. The molecule has 0 aliphatic heterocycles. The van der Waals surface area contributed by atoms with Gasteiger partial charge in [0.05, 0.1) is 17.3 Å². The number of hydrogen-bond donors (Lipinski definition) is 5. The molecule has 0 unspecified atom stereocenters. The van der Waals surface area contributed by atoms with Crippen molar-refractivity contribution in [2.24, 2.45) is 0 Å². The van der Waals surface area contributed by atoms with Gasteiger partial charge in [-0.2, -0.15) is 9.37 Å². The smallest absolute Gasteiger partial charge is 0.246 e. The maximum absolute atomic E-state index is 13.6. The Morgan fingerprint density at radius 1 is 1.20 bits per heavy atom. The number of amides is 2. The molecule has 2 amide bonds. The summed E-state index contributed by atoms with van der Waals surface area (Å²) in [7, 11) is 8.80. The van der Waals surface area contributed by atoms with Gasteiger partial charge in [-0.1, -0.05) is 17.9 Å². The van der Waals surface area contributed by atoms with Crippen LogP contribution in [0.15, 0.2) is 36.5 Å². The highest BCUT2D eigenvalue weighted by Crippen LogP contribution is 2.23. The van der Waals surface area contributed by atoms with Gasteiger partial charge >= 0.3 is 0 Å². The molecule has 0 aliphatic carbocycles. The van der Waals surface area contributed by atoms with E-state index in [1.807, 2.05) is 19.0 Å². The largest absolute Gasteiger partial charge is 0.388 e. The predicted octanol–water partition coefficient (Wildman–Crippen LogP) is 2.81. The SMILES string of the molecule is CNc1ccc(Nc2ncc(C#CCCCNC(=O)[C@H](C)N(C)C(=O)/C=C/CN(C)C)c(NC)n2)cc1C(=N)F. The molecule has 0 saturated heterocycles. The zero-order valence-corrected chi connectivity index (χ0v) is 23.9. The third-order valence-electron chi connectivity index (χ3n) is 5.85. The molecule has 1 atom stereocenters. The number of halogens is 1. The molecule has 0 spiro atoms. The van der Waals surface area contributed by atoms with Crippen LogP contribution in [-0.4, -0.2) is 91.9 Å². The summed E-state index contributed by atoms with van der Waals surface area (Å²) in [5, 5.41) is 19.0. The lowest BCUT2D eigenvalue weighted by atomic mass is 10.1. The summed E-state index contributed by atoms with van der Waals surface area (Å²) in [6, 6.07) is 4.30. The average molecular weight is 552 g/mol. The molecule has 0 aliphatic rings. The molecule has 2 aromatic rings. The summed E-state index contributed by atoms with van der Waals surface area (Å²) in [6.45, 7) is 2.76. The maximum atomic E-state index is 13.6. The van der Waals surface area contributed by atoms with Crippen LogP contribution in [0.5, 0.6) is 0 Å². The Kier molecular flexibility index (Phi) is 12.5. The van der Waals surface area contributed by atoms with Crippen LogP contribution >= 0.6 is 0 Å². The van der Waals surface area contributed by atoms with Crippen LogP contribution in [0.1, 0.15) is 30.9 Å². The van der Waals surface area contributed by atoms with Crippen molar-refractivity contribution in [3.63, 3.8) is 0 Å². The van der Waals surface area contributed by atoms with Gasteiger partial charge in [0.25, 0.3) is 0 Å². The molecule has 0 saturated carbocycles. The van der Waals surface area contributed by atoms with Crippen LogP contribution < -0.4 is 21.3 Å². The summed E-state index contributed by atoms with van der Waals surface area (Å²) in [5.41, 5.74) is 1.76. The van der Waals surface area contributed by atoms with Gasteiger partial charge in [0, 0.05) is 58.1 Å². The van der Waals surface area contributed by atoms with Crippen LogP contribution in [0.25, 0.3) is 0 Å². The fraction of sp³-hybridized carbons (Fsp3) is 0.393. The molecule has 40 heavy (non-hydrogen) atoms. The maximum Gasteiger partial charge on any atom is 0.246 e. The van der Waals surface area contributed by atoms with E-state index in [1.54, 1.807) is 52.5 Å². The first kappa shape index (κ1) is 31.7. The van der Waals surface area contributed by atoms with Gasteiger partial charge in [0.15, 0.2) is 0 Å². The Labute approximate surface area is 235 Å². The highest BCUT2D eigenvalue weighted by molar-refractivity contribution is 5.98. The lowest BCUT2D eigenvalue weighted by Gasteiger charge is -2.23. The Balaban J connectivity index is 1.88. The van der Waals surface area contributed by atoms with E-state index < -0.39 is 12.0 Å². The van der Waals surface area contributed by atoms with Crippen LogP contribution in [0.3, 0.4) is 0 Å². The second kappa shape index (κ2) is 15.8. The van der Waals surface area contributed by atoms with Crippen LogP contribution in [0.4, 0.5) is 27.5 Å². The molecule has 5 N–H and O–H groups in total. The van der Waals surface area contributed by atoms with E-state index in [0.717, 1.165) is 0 Å². The zero-order chi connectivity index (χ0) is 29.7. The fourth-order valence-electron chi connectivity index (χ4n) is 3.42. The molecule has 12 heteroatoms. The molecule has 0 bridgehead atoms. The molecular formula is C28H38FN9O2. The highest BCUT2D eigenvalue weighted by atomic mass is 19.1. The summed E-state index contributed by atoms with van der Waals surface area (Å²) < 4.78 is 13.6. The number of hydrogen-bond acceptors (Lipinski definition) is 9. The number of nitrogens with zero attached hydrogens (tertiary/aromatic N) is 4. The average Bonchev–Trinajstić information content (AvgIpc) is 2.93. The van der Waals surface area contributed by atoms with Gasteiger partial charge in [-0.05, 0) is 45.6 Å². The number of aromatic nitrogens is 2. The van der Waals surface area contributed by atoms with E-state index in [9.17, 15) is 14.0 Å². The Morgan fingerprint density at radius 2 is 1.95 bits per heavy atom. The first-order valence-electron chi connectivity index (χ1n) is 12.8. The van der Waals surface area contributed by atoms with E-state index in [-0.39, 0.29) is 23.3 Å². The number of likely N-dealkylation sites (N-methyl/N-ethyl adjacent to an activating group) is 2. The molecule has 1 aromatic heterocycles. The minimum absolute atomic E-state index is 0.128. The van der Waals surface area contributed by atoms with Crippen molar-refractivity contribution in [1.82, 2.24) is 25.1 Å². The Bertz CT molecular complexity index is 1280. The standard InChI is InChI=1S/C28H38FN9O2/c1-19(38(6)24(39)12-10-16-37(4)5)27(40)33-15-9-7-8-11-20-18-34-28(36-26(20)32-3)35-21-13-14-23(31-2)22(17-21)25(29)30/h10,12-14,17-19,30-31H,7,9,15-16H2,1-6H3,(H,33,40)(H2,32,34,35,36)/b12-10+,30-25?/t19-/m0/s1. The van der Waals surface area contributed by atoms with E-state index in [1.165, 1.54) is 17.0 Å². The van der Waals surface area contributed by atoms with Gasteiger partial charge in [-0.25, -0.2) is 4.98 Å². The summed E-state index contributed by atoms with van der Waals surface area (Å²) >= 11 is 0. The third kappa shape index (κ3) is 9.67. The molecule has 2 rings (SSSR count). The van der Waals surface area contributed by atoms with Crippen LogP contribution in [-0.2, 0) is 9.59 Å². The number of carbonyl (C=O) groups excluding carboxylic acids is 2. The van der Waals surface area contributed by atoms with Gasteiger partial charge in [0.1, 0.15) is 11.9 Å². The predicted molar refractivity (Wildman–Crippen MR) is 158 cm³/mol. The van der Waals surface area contributed by atoms with E-state index in [4.69, 9.17) is 5.41 Å². The topological polar surface area (TPSA) is 138 Å². The molecule has 214 valence electrons. The lowest BCUT2D eigenvalue weighted by molar-refractivity contribution is -0.135. The molecule has 1 aromatic carbocycles. The van der Waals surface area contributed by atoms with Crippen LogP contribution in [0, 0.1) is 17.3 Å². The number of nitrogens with one attached hydrogen (secondary N) is 5. The number of unbranched alkanes of at least 4 members (excludes halogenated alkanes) is 1. The van der Waals surface area contributed by atoms with Gasteiger partial charge in [-0.15, -0.1) is 0 Å².